The van der Waals surface area contributed by atoms with E-state index in [1.165, 1.54) is 12.1 Å². The van der Waals surface area contributed by atoms with E-state index in [1.54, 1.807) is 6.07 Å². The van der Waals surface area contributed by atoms with Gasteiger partial charge in [0.05, 0.1) is 17.4 Å². The predicted octanol–water partition coefficient (Wildman–Crippen LogP) is 3.14. The maximum atomic E-state index is 10.6. The van der Waals surface area contributed by atoms with Crippen LogP contribution in [-0.2, 0) is 10.6 Å². The van der Waals surface area contributed by atoms with Crippen LogP contribution in [0.15, 0.2) is 18.2 Å². The first-order chi connectivity index (χ1) is 8.69. The van der Waals surface area contributed by atoms with Crippen LogP contribution in [0.4, 0.5) is 5.69 Å². The Morgan fingerprint density at radius 3 is 2.78 bits per heavy atom. The van der Waals surface area contributed by atoms with Gasteiger partial charge in [0.25, 0.3) is 5.69 Å². The van der Waals surface area contributed by atoms with E-state index in [0.29, 0.717) is 31.1 Å². The van der Waals surface area contributed by atoms with Crippen molar-refractivity contribution < 1.29 is 14.4 Å². The molecule has 0 spiro atoms. The first kappa shape index (κ1) is 14.7. The Balaban J connectivity index is 2.57. The molecular weight excluding hydrogens is 258 g/mol. The first-order valence-electron chi connectivity index (χ1n) is 5.72. The highest BCUT2D eigenvalue weighted by atomic mass is 35.5. The second-order valence-electron chi connectivity index (χ2n) is 3.58. The second kappa shape index (κ2) is 7.89. The van der Waals surface area contributed by atoms with E-state index in [2.05, 4.69) is 0 Å². The van der Waals surface area contributed by atoms with Gasteiger partial charge in [0.15, 0.2) is 0 Å². The van der Waals surface area contributed by atoms with Crippen molar-refractivity contribution in [3.63, 3.8) is 0 Å². The van der Waals surface area contributed by atoms with Gasteiger partial charge in [0, 0.05) is 37.3 Å². The number of nitro groups is 1. The SMILES string of the molecule is CCOCCCOc1ccc([N+](=O)[O-])cc1CCl. The van der Waals surface area contributed by atoms with Crippen LogP contribution >= 0.6 is 11.6 Å². The highest BCUT2D eigenvalue weighted by molar-refractivity contribution is 6.17. The van der Waals surface area contributed by atoms with Crippen LogP contribution < -0.4 is 4.74 Å². The summed E-state index contributed by atoms with van der Waals surface area (Å²) in [5.74, 6) is 0.773. The molecule has 1 aromatic carbocycles. The van der Waals surface area contributed by atoms with Crippen LogP contribution in [-0.4, -0.2) is 24.7 Å². The number of rotatable bonds is 8. The Labute approximate surface area is 111 Å². The molecule has 0 atom stereocenters. The molecule has 0 aromatic heterocycles. The van der Waals surface area contributed by atoms with Crippen molar-refractivity contribution in [2.24, 2.45) is 0 Å². The number of nitrogens with zero attached hydrogens (tertiary/aromatic N) is 1. The molecule has 6 heteroatoms. The van der Waals surface area contributed by atoms with Crippen LogP contribution in [0.25, 0.3) is 0 Å². The van der Waals surface area contributed by atoms with E-state index in [9.17, 15) is 10.1 Å². The van der Waals surface area contributed by atoms with Crippen LogP contribution in [0, 0.1) is 10.1 Å². The fraction of sp³-hybridized carbons (Fsp3) is 0.500. The molecular formula is C12H16ClNO4. The van der Waals surface area contributed by atoms with Crippen LogP contribution in [0.3, 0.4) is 0 Å². The highest BCUT2D eigenvalue weighted by Gasteiger charge is 2.10. The molecule has 0 saturated heterocycles. The maximum Gasteiger partial charge on any atom is 0.270 e. The van der Waals surface area contributed by atoms with Gasteiger partial charge in [-0.3, -0.25) is 10.1 Å². The van der Waals surface area contributed by atoms with Crippen molar-refractivity contribution in [1.29, 1.82) is 0 Å². The standard InChI is InChI=1S/C12H16ClNO4/c1-2-17-6-3-7-18-12-5-4-11(14(15)16)8-10(12)9-13/h4-5,8H,2-3,6-7,9H2,1H3. The molecule has 5 nitrogen and oxygen atoms in total. The normalized spacial score (nSPS) is 10.3. The smallest absolute Gasteiger partial charge is 0.270 e. The summed E-state index contributed by atoms with van der Waals surface area (Å²) in [6, 6.07) is 4.43. The van der Waals surface area contributed by atoms with Crippen molar-refractivity contribution in [2.45, 2.75) is 19.2 Å². The lowest BCUT2D eigenvalue weighted by atomic mass is 10.2. The molecule has 0 amide bonds. The summed E-state index contributed by atoms with van der Waals surface area (Å²) in [4.78, 5) is 10.2. The fourth-order valence-corrected chi connectivity index (χ4v) is 1.62. The second-order valence-corrected chi connectivity index (χ2v) is 3.85. The predicted molar refractivity (Wildman–Crippen MR) is 69.3 cm³/mol. The number of benzene rings is 1. The zero-order chi connectivity index (χ0) is 13.4. The number of nitro benzene ring substituents is 1. The molecule has 0 saturated carbocycles. The fourth-order valence-electron chi connectivity index (χ4n) is 1.41. The molecule has 0 N–H and O–H groups in total. The van der Waals surface area contributed by atoms with Crippen molar-refractivity contribution in [3.8, 4) is 5.75 Å². The number of ether oxygens (including phenoxy) is 2. The van der Waals surface area contributed by atoms with E-state index in [4.69, 9.17) is 21.1 Å². The number of hydrogen-bond donors (Lipinski definition) is 0. The summed E-state index contributed by atoms with van der Waals surface area (Å²) in [5.41, 5.74) is 0.648. The lowest BCUT2D eigenvalue weighted by Crippen LogP contribution is -2.04. The van der Waals surface area contributed by atoms with E-state index >= 15 is 0 Å². The average Bonchev–Trinajstić information content (AvgIpc) is 2.38. The Bertz CT molecular complexity index is 398. The van der Waals surface area contributed by atoms with Crippen LogP contribution in [0.2, 0.25) is 0 Å². The van der Waals surface area contributed by atoms with Gasteiger partial charge >= 0.3 is 0 Å². The van der Waals surface area contributed by atoms with Gasteiger partial charge in [0.2, 0.25) is 0 Å². The monoisotopic (exact) mass is 273 g/mol. The van der Waals surface area contributed by atoms with Gasteiger partial charge in [-0.15, -0.1) is 11.6 Å². The number of halogens is 1. The topological polar surface area (TPSA) is 61.6 Å². The molecule has 1 aromatic rings. The summed E-state index contributed by atoms with van der Waals surface area (Å²) >= 11 is 5.74. The van der Waals surface area contributed by atoms with Crippen LogP contribution in [0.5, 0.6) is 5.75 Å². The Morgan fingerprint density at radius 1 is 1.39 bits per heavy atom. The summed E-state index contributed by atoms with van der Waals surface area (Å²) < 4.78 is 10.7. The zero-order valence-electron chi connectivity index (χ0n) is 10.2. The van der Waals surface area contributed by atoms with E-state index < -0.39 is 4.92 Å². The first-order valence-corrected chi connectivity index (χ1v) is 6.26. The summed E-state index contributed by atoms with van der Waals surface area (Å²) in [6.07, 6.45) is 0.770. The molecule has 0 aliphatic carbocycles. The molecule has 18 heavy (non-hydrogen) atoms. The molecule has 100 valence electrons. The number of alkyl halides is 1. The molecule has 0 bridgehead atoms. The molecule has 0 radical (unpaired) electrons. The molecule has 0 heterocycles. The minimum Gasteiger partial charge on any atom is -0.493 e. The number of non-ortho nitro benzene ring substituents is 1. The van der Waals surface area contributed by atoms with Gasteiger partial charge in [-0.05, 0) is 13.0 Å². The van der Waals surface area contributed by atoms with Crippen LogP contribution in [0.1, 0.15) is 18.9 Å². The Kier molecular flexibility index (Phi) is 6.46. The summed E-state index contributed by atoms with van der Waals surface area (Å²) in [7, 11) is 0. The van der Waals surface area contributed by atoms with Crippen molar-refractivity contribution in [2.75, 3.05) is 19.8 Å². The zero-order valence-corrected chi connectivity index (χ0v) is 11.0. The largest absolute Gasteiger partial charge is 0.493 e. The molecule has 0 aliphatic heterocycles. The molecule has 0 aliphatic rings. The Hall–Kier alpha value is -1.33. The lowest BCUT2D eigenvalue weighted by molar-refractivity contribution is -0.384. The van der Waals surface area contributed by atoms with Gasteiger partial charge in [0.1, 0.15) is 5.75 Å². The minimum atomic E-state index is -0.449. The average molecular weight is 274 g/mol. The summed E-state index contributed by atoms with van der Waals surface area (Å²) in [5, 5.41) is 10.6. The van der Waals surface area contributed by atoms with Crippen molar-refractivity contribution >= 4 is 17.3 Å². The Morgan fingerprint density at radius 2 is 2.17 bits per heavy atom. The third kappa shape index (κ3) is 4.50. The van der Waals surface area contributed by atoms with Gasteiger partial charge in [-0.2, -0.15) is 0 Å². The minimum absolute atomic E-state index is 0.0207. The molecule has 0 unspecified atom stereocenters. The van der Waals surface area contributed by atoms with E-state index in [1.807, 2.05) is 6.92 Å². The third-order valence-corrected chi connectivity index (χ3v) is 2.58. The third-order valence-electron chi connectivity index (χ3n) is 2.29. The highest BCUT2D eigenvalue weighted by Crippen LogP contribution is 2.25. The summed E-state index contributed by atoms with van der Waals surface area (Å²) in [6.45, 7) is 3.76. The van der Waals surface area contributed by atoms with Gasteiger partial charge in [-0.25, -0.2) is 0 Å². The van der Waals surface area contributed by atoms with Crippen molar-refractivity contribution in [3.05, 3.63) is 33.9 Å². The van der Waals surface area contributed by atoms with E-state index in [0.717, 1.165) is 6.42 Å². The van der Waals surface area contributed by atoms with Gasteiger partial charge < -0.3 is 9.47 Å². The molecule has 0 fully saturated rings. The molecule has 1 rings (SSSR count). The van der Waals surface area contributed by atoms with Crippen molar-refractivity contribution in [1.82, 2.24) is 0 Å². The number of hydrogen-bond acceptors (Lipinski definition) is 4. The van der Waals surface area contributed by atoms with Gasteiger partial charge in [-0.1, -0.05) is 0 Å². The quantitative estimate of drug-likeness (QED) is 0.316. The van der Waals surface area contributed by atoms with E-state index in [-0.39, 0.29) is 11.6 Å². The lowest BCUT2D eigenvalue weighted by Gasteiger charge is -2.09. The maximum absolute atomic E-state index is 10.6.